The summed E-state index contributed by atoms with van der Waals surface area (Å²) in [5.74, 6) is -1.05. The van der Waals surface area contributed by atoms with Gasteiger partial charge in [0.05, 0.1) is 19.2 Å². The summed E-state index contributed by atoms with van der Waals surface area (Å²) in [6.45, 7) is 2.66. The van der Waals surface area contributed by atoms with Crippen molar-refractivity contribution in [2.45, 2.75) is 13.3 Å². The number of methoxy groups -OCH3 is 1. The molecule has 1 aliphatic rings. The van der Waals surface area contributed by atoms with Crippen LogP contribution in [0.5, 0.6) is 5.88 Å². The Morgan fingerprint density at radius 1 is 1.48 bits per heavy atom. The van der Waals surface area contributed by atoms with Gasteiger partial charge in [-0.1, -0.05) is 6.92 Å². The van der Waals surface area contributed by atoms with Crippen molar-refractivity contribution in [3.63, 3.8) is 0 Å². The van der Waals surface area contributed by atoms with Gasteiger partial charge < -0.3 is 20.1 Å². The van der Waals surface area contributed by atoms with E-state index in [1.807, 2.05) is 6.92 Å². The number of hydrogen-bond acceptors (Lipinski definition) is 5. The third kappa shape index (κ3) is 3.59. The summed E-state index contributed by atoms with van der Waals surface area (Å²) in [6.07, 6.45) is 2.02. The van der Waals surface area contributed by atoms with E-state index < -0.39 is 11.9 Å². The van der Waals surface area contributed by atoms with Crippen LogP contribution in [0.3, 0.4) is 0 Å². The number of carboxylic acid groups (broad SMARTS) is 1. The molecule has 0 saturated carbocycles. The summed E-state index contributed by atoms with van der Waals surface area (Å²) in [5, 5.41) is 19.2. The zero-order valence-corrected chi connectivity index (χ0v) is 11.9. The zero-order valence-electron chi connectivity index (χ0n) is 11.9. The number of rotatable bonds is 3. The molecule has 0 bridgehead atoms. The molecule has 0 spiro atoms. The van der Waals surface area contributed by atoms with Crippen molar-refractivity contribution in [2.75, 3.05) is 25.5 Å². The van der Waals surface area contributed by atoms with Crippen molar-refractivity contribution in [1.82, 2.24) is 15.1 Å². The van der Waals surface area contributed by atoms with Gasteiger partial charge in [-0.05, 0) is 18.4 Å². The Hall–Kier alpha value is -2.38. The van der Waals surface area contributed by atoms with Crippen LogP contribution in [0.2, 0.25) is 0 Å². The lowest BCUT2D eigenvalue weighted by atomic mass is 9.91. The number of carbonyl (C=O) groups is 2. The third-order valence-electron chi connectivity index (χ3n) is 3.42. The largest absolute Gasteiger partial charge is 0.481 e. The maximum absolute atomic E-state index is 12.3. The highest BCUT2D eigenvalue weighted by molar-refractivity contribution is 5.90. The smallest absolute Gasteiger partial charge is 0.322 e. The van der Waals surface area contributed by atoms with Crippen LogP contribution in [-0.2, 0) is 4.79 Å². The van der Waals surface area contributed by atoms with Gasteiger partial charge in [-0.15, -0.1) is 5.10 Å². The summed E-state index contributed by atoms with van der Waals surface area (Å²) in [4.78, 5) is 24.9. The molecule has 2 heterocycles. The molecule has 0 aliphatic carbocycles. The Morgan fingerprint density at radius 3 is 2.90 bits per heavy atom. The molecule has 0 radical (unpaired) electrons. The number of likely N-dealkylation sites (tertiary alicyclic amines) is 1. The van der Waals surface area contributed by atoms with Gasteiger partial charge in [-0.2, -0.15) is 5.10 Å². The number of urea groups is 1. The van der Waals surface area contributed by atoms with Gasteiger partial charge in [0.1, 0.15) is 5.69 Å². The quantitative estimate of drug-likeness (QED) is 0.863. The molecule has 114 valence electrons. The summed E-state index contributed by atoms with van der Waals surface area (Å²) in [6, 6.07) is 1.21. The Balaban J connectivity index is 2.07. The van der Waals surface area contributed by atoms with Gasteiger partial charge in [0.25, 0.3) is 5.88 Å². The summed E-state index contributed by atoms with van der Waals surface area (Å²) >= 11 is 0. The highest BCUT2D eigenvalue weighted by Crippen LogP contribution is 2.24. The second kappa shape index (κ2) is 6.38. The Labute approximate surface area is 122 Å². The van der Waals surface area contributed by atoms with E-state index in [0.29, 0.717) is 18.7 Å². The lowest BCUT2D eigenvalue weighted by Crippen LogP contribution is -2.47. The first kappa shape index (κ1) is 15.0. The predicted octanol–water partition coefficient (Wildman–Crippen LogP) is 1.06. The van der Waals surface area contributed by atoms with Crippen molar-refractivity contribution in [1.29, 1.82) is 0 Å². The van der Waals surface area contributed by atoms with Gasteiger partial charge in [0, 0.05) is 13.1 Å². The molecule has 1 aromatic rings. The van der Waals surface area contributed by atoms with E-state index in [9.17, 15) is 9.59 Å². The van der Waals surface area contributed by atoms with E-state index in [1.54, 1.807) is 6.07 Å². The molecule has 8 heteroatoms. The first-order chi connectivity index (χ1) is 10.0. The molecule has 2 rings (SSSR count). The number of aliphatic carboxylic acids is 1. The van der Waals surface area contributed by atoms with E-state index in [4.69, 9.17) is 9.84 Å². The second-order valence-electron chi connectivity index (χ2n) is 5.17. The molecule has 21 heavy (non-hydrogen) atoms. The zero-order chi connectivity index (χ0) is 15.4. The normalized spacial score (nSPS) is 21.7. The SMILES string of the molecule is COc1nnccc1NC(=O)N1CC(C)CC(C(=O)O)C1. The molecule has 2 unspecified atom stereocenters. The van der Waals surface area contributed by atoms with Crippen molar-refractivity contribution in [3.8, 4) is 5.88 Å². The lowest BCUT2D eigenvalue weighted by molar-refractivity contribution is -0.143. The van der Waals surface area contributed by atoms with Crippen molar-refractivity contribution >= 4 is 17.7 Å². The Kier molecular flexibility index (Phi) is 4.56. The van der Waals surface area contributed by atoms with Crippen molar-refractivity contribution < 1.29 is 19.4 Å². The van der Waals surface area contributed by atoms with Crippen LogP contribution in [0.4, 0.5) is 10.5 Å². The molecule has 2 amide bonds. The molecule has 8 nitrogen and oxygen atoms in total. The minimum Gasteiger partial charge on any atom is -0.481 e. The molecular weight excluding hydrogens is 276 g/mol. The topological polar surface area (TPSA) is 105 Å². The summed E-state index contributed by atoms with van der Waals surface area (Å²) < 4.78 is 5.01. The van der Waals surface area contributed by atoms with Gasteiger partial charge in [-0.25, -0.2) is 4.79 Å². The van der Waals surface area contributed by atoms with Crippen LogP contribution in [0.15, 0.2) is 12.3 Å². The van der Waals surface area contributed by atoms with Crippen LogP contribution < -0.4 is 10.1 Å². The molecular formula is C13H18N4O4. The minimum absolute atomic E-state index is 0.142. The number of piperidine rings is 1. The van der Waals surface area contributed by atoms with Crippen LogP contribution in [-0.4, -0.2) is 52.4 Å². The Morgan fingerprint density at radius 2 is 2.24 bits per heavy atom. The number of amides is 2. The fourth-order valence-electron chi connectivity index (χ4n) is 2.46. The van der Waals surface area contributed by atoms with Crippen molar-refractivity contribution in [3.05, 3.63) is 12.3 Å². The number of carboxylic acids is 1. The standard InChI is InChI=1S/C13H18N4O4/c1-8-5-9(12(18)19)7-17(6-8)13(20)15-10-3-4-14-16-11(10)21-2/h3-4,8-9H,5-7H2,1-2H3,(H,18,19)(H,14,15,20). The summed E-state index contributed by atoms with van der Waals surface area (Å²) in [7, 11) is 1.43. The average molecular weight is 294 g/mol. The molecule has 1 aliphatic heterocycles. The monoisotopic (exact) mass is 294 g/mol. The number of nitrogens with one attached hydrogen (secondary N) is 1. The van der Waals surface area contributed by atoms with E-state index in [1.165, 1.54) is 18.2 Å². The number of anilines is 1. The first-order valence-electron chi connectivity index (χ1n) is 6.65. The summed E-state index contributed by atoms with van der Waals surface area (Å²) in [5.41, 5.74) is 0.405. The highest BCUT2D eigenvalue weighted by Gasteiger charge is 2.32. The number of hydrogen-bond donors (Lipinski definition) is 2. The van der Waals surface area contributed by atoms with Gasteiger partial charge in [0.15, 0.2) is 0 Å². The van der Waals surface area contributed by atoms with Crippen LogP contribution in [0.25, 0.3) is 0 Å². The van der Waals surface area contributed by atoms with Crippen LogP contribution >= 0.6 is 0 Å². The molecule has 0 aromatic carbocycles. The minimum atomic E-state index is -0.873. The van der Waals surface area contributed by atoms with E-state index in [2.05, 4.69) is 15.5 Å². The molecule has 2 atom stereocenters. The van der Waals surface area contributed by atoms with Gasteiger partial charge in [0.2, 0.25) is 0 Å². The second-order valence-corrected chi connectivity index (χ2v) is 5.17. The number of nitrogens with zero attached hydrogens (tertiary/aromatic N) is 3. The molecule has 2 N–H and O–H groups in total. The third-order valence-corrected chi connectivity index (χ3v) is 3.42. The predicted molar refractivity (Wildman–Crippen MR) is 74.1 cm³/mol. The number of carbonyl (C=O) groups excluding carboxylic acids is 1. The fraction of sp³-hybridized carbons (Fsp3) is 0.538. The van der Waals surface area contributed by atoms with E-state index in [0.717, 1.165) is 0 Å². The van der Waals surface area contributed by atoms with E-state index in [-0.39, 0.29) is 24.4 Å². The Bertz CT molecular complexity index is 537. The lowest BCUT2D eigenvalue weighted by Gasteiger charge is -2.34. The highest BCUT2D eigenvalue weighted by atomic mass is 16.5. The van der Waals surface area contributed by atoms with Crippen LogP contribution in [0.1, 0.15) is 13.3 Å². The average Bonchev–Trinajstić information content (AvgIpc) is 2.47. The maximum Gasteiger partial charge on any atom is 0.322 e. The molecule has 1 aromatic heterocycles. The molecule has 1 fully saturated rings. The fourth-order valence-corrected chi connectivity index (χ4v) is 2.46. The van der Waals surface area contributed by atoms with Crippen molar-refractivity contribution in [2.24, 2.45) is 11.8 Å². The van der Waals surface area contributed by atoms with Crippen LogP contribution in [0, 0.1) is 11.8 Å². The number of aromatic nitrogens is 2. The molecule has 1 saturated heterocycles. The van der Waals surface area contributed by atoms with Gasteiger partial charge >= 0.3 is 12.0 Å². The first-order valence-corrected chi connectivity index (χ1v) is 6.65. The van der Waals surface area contributed by atoms with Gasteiger partial charge in [-0.3, -0.25) is 4.79 Å². The van der Waals surface area contributed by atoms with E-state index >= 15 is 0 Å². The maximum atomic E-state index is 12.3. The number of ether oxygens (including phenoxy) is 1.